The number of rotatable bonds is 5. The largest absolute Gasteiger partial charge is 0.382 e. The lowest BCUT2D eigenvalue weighted by Crippen LogP contribution is -2.22. The first kappa shape index (κ1) is 13.3. The molecule has 1 saturated carbocycles. The van der Waals surface area contributed by atoms with Crippen LogP contribution in [0.25, 0.3) is 0 Å². The summed E-state index contributed by atoms with van der Waals surface area (Å²) in [6.07, 6.45) is 4.11. The van der Waals surface area contributed by atoms with Crippen molar-refractivity contribution in [2.45, 2.75) is 32.4 Å². The van der Waals surface area contributed by atoms with Gasteiger partial charge in [0.25, 0.3) is 5.91 Å². The average molecular weight is 309 g/mol. The summed E-state index contributed by atoms with van der Waals surface area (Å²) in [6, 6.07) is 0.495. The average Bonchev–Trinajstić information content (AvgIpc) is 3.00. The molecule has 0 atom stereocenters. The third kappa shape index (κ3) is 3.07. The van der Waals surface area contributed by atoms with Crippen molar-refractivity contribution in [3.05, 3.63) is 21.0 Å². The van der Waals surface area contributed by atoms with Gasteiger partial charge in [0.15, 0.2) is 5.13 Å². The summed E-state index contributed by atoms with van der Waals surface area (Å²) in [4.78, 5) is 22.1. The minimum Gasteiger partial charge on any atom is -0.382 e. The maximum Gasteiger partial charge on any atom is 0.265 e. The monoisotopic (exact) mass is 309 g/mol. The molecule has 0 saturated heterocycles. The lowest BCUT2D eigenvalue weighted by atomic mass is 10.4. The van der Waals surface area contributed by atoms with Crippen molar-refractivity contribution in [3.63, 3.8) is 0 Å². The van der Waals surface area contributed by atoms with Gasteiger partial charge in [-0.1, -0.05) is 11.3 Å². The molecule has 0 radical (unpaired) electrons. The fraction of sp³-hybridized carbons (Fsp3) is 0.417. The van der Waals surface area contributed by atoms with E-state index in [0.29, 0.717) is 17.5 Å². The van der Waals surface area contributed by atoms with Crippen LogP contribution >= 0.6 is 22.7 Å². The van der Waals surface area contributed by atoms with Crippen molar-refractivity contribution in [2.24, 2.45) is 0 Å². The van der Waals surface area contributed by atoms with E-state index in [0.717, 1.165) is 27.9 Å². The Morgan fingerprint density at radius 1 is 1.50 bits per heavy atom. The van der Waals surface area contributed by atoms with Crippen LogP contribution in [-0.4, -0.2) is 21.9 Å². The zero-order valence-electron chi connectivity index (χ0n) is 11.0. The molecule has 0 aliphatic heterocycles. The van der Waals surface area contributed by atoms with E-state index in [1.165, 1.54) is 11.3 Å². The van der Waals surface area contributed by atoms with Crippen LogP contribution in [0.4, 0.5) is 10.9 Å². The Morgan fingerprint density at radius 2 is 2.30 bits per heavy atom. The van der Waals surface area contributed by atoms with Crippen LogP contribution in [0.5, 0.6) is 0 Å². The Balaban J connectivity index is 1.62. The molecule has 0 unspecified atom stereocenters. The van der Waals surface area contributed by atoms with Crippen molar-refractivity contribution in [2.75, 3.05) is 11.1 Å². The zero-order valence-corrected chi connectivity index (χ0v) is 12.6. The number of nitrogen functional groups attached to an aromatic ring is 1. The SMILES string of the molecule is Cc1cnc(CNC(=O)c2sc(NC3CC3)nc2N)s1. The maximum absolute atomic E-state index is 12.1. The number of amides is 1. The van der Waals surface area contributed by atoms with Gasteiger partial charge in [0.1, 0.15) is 15.7 Å². The normalized spacial score (nSPS) is 14.2. The van der Waals surface area contributed by atoms with Crippen LogP contribution in [0.3, 0.4) is 0 Å². The third-order valence-corrected chi connectivity index (χ3v) is 4.75. The molecule has 8 heteroatoms. The van der Waals surface area contributed by atoms with Crippen molar-refractivity contribution < 1.29 is 4.79 Å². The molecular formula is C12H15N5OS2. The predicted molar refractivity (Wildman–Crippen MR) is 81.2 cm³/mol. The number of nitrogens with one attached hydrogen (secondary N) is 2. The number of nitrogens with two attached hydrogens (primary N) is 1. The van der Waals surface area contributed by atoms with Crippen molar-refractivity contribution >= 4 is 39.5 Å². The van der Waals surface area contributed by atoms with Gasteiger partial charge < -0.3 is 16.4 Å². The Labute approximate surface area is 124 Å². The smallest absolute Gasteiger partial charge is 0.265 e. The van der Waals surface area contributed by atoms with Crippen LogP contribution in [0.15, 0.2) is 6.20 Å². The summed E-state index contributed by atoms with van der Waals surface area (Å²) < 4.78 is 0. The number of aryl methyl sites for hydroxylation is 1. The highest BCUT2D eigenvalue weighted by Crippen LogP contribution is 2.30. The standard InChI is InChI=1S/C12H15N5OS2/c1-6-4-14-8(19-6)5-15-11(18)9-10(13)17-12(20-9)16-7-2-3-7/h4,7H,2-3,5,13H2,1H3,(H,15,18)(H,16,17). The van der Waals surface area contributed by atoms with Gasteiger partial charge >= 0.3 is 0 Å². The number of hydrogen-bond acceptors (Lipinski definition) is 7. The Hall–Kier alpha value is -1.67. The molecule has 1 aliphatic rings. The van der Waals surface area contributed by atoms with Crippen LogP contribution in [0.2, 0.25) is 0 Å². The molecule has 2 aromatic heterocycles. The molecular weight excluding hydrogens is 294 g/mol. The molecule has 20 heavy (non-hydrogen) atoms. The summed E-state index contributed by atoms with van der Waals surface area (Å²) in [5.41, 5.74) is 5.80. The number of aromatic nitrogens is 2. The number of nitrogens with zero attached hydrogens (tertiary/aromatic N) is 2. The summed E-state index contributed by atoms with van der Waals surface area (Å²) in [5, 5.41) is 7.68. The lowest BCUT2D eigenvalue weighted by Gasteiger charge is -2.00. The second kappa shape index (κ2) is 5.37. The van der Waals surface area contributed by atoms with Gasteiger partial charge in [-0.3, -0.25) is 4.79 Å². The van der Waals surface area contributed by atoms with Gasteiger partial charge in [-0.2, -0.15) is 0 Å². The fourth-order valence-electron chi connectivity index (χ4n) is 1.68. The molecule has 4 N–H and O–H groups in total. The van der Waals surface area contributed by atoms with Gasteiger partial charge in [0.05, 0.1) is 6.54 Å². The first-order chi connectivity index (χ1) is 9.61. The van der Waals surface area contributed by atoms with Crippen molar-refractivity contribution in [1.82, 2.24) is 15.3 Å². The first-order valence-electron chi connectivity index (χ1n) is 6.34. The molecule has 6 nitrogen and oxygen atoms in total. The summed E-state index contributed by atoms with van der Waals surface area (Å²) in [5.74, 6) is 0.0858. The maximum atomic E-state index is 12.1. The summed E-state index contributed by atoms with van der Waals surface area (Å²) in [6.45, 7) is 2.40. The van der Waals surface area contributed by atoms with E-state index in [2.05, 4.69) is 20.6 Å². The van der Waals surface area contributed by atoms with Crippen LogP contribution < -0.4 is 16.4 Å². The minimum absolute atomic E-state index is 0.198. The van der Waals surface area contributed by atoms with E-state index < -0.39 is 0 Å². The van der Waals surface area contributed by atoms with E-state index in [1.807, 2.05) is 6.92 Å². The third-order valence-electron chi connectivity index (χ3n) is 2.83. The summed E-state index contributed by atoms with van der Waals surface area (Å²) in [7, 11) is 0. The van der Waals surface area contributed by atoms with E-state index in [-0.39, 0.29) is 11.7 Å². The molecule has 106 valence electrons. The number of carbonyl (C=O) groups is 1. The summed E-state index contributed by atoms with van der Waals surface area (Å²) >= 11 is 2.87. The molecule has 0 aromatic carbocycles. The van der Waals surface area contributed by atoms with Gasteiger partial charge in [-0.25, -0.2) is 9.97 Å². The number of hydrogen-bond donors (Lipinski definition) is 3. The van der Waals surface area contributed by atoms with E-state index in [1.54, 1.807) is 17.5 Å². The van der Waals surface area contributed by atoms with Crippen LogP contribution in [-0.2, 0) is 6.54 Å². The molecule has 2 heterocycles. The fourth-order valence-corrected chi connectivity index (χ4v) is 3.28. The van der Waals surface area contributed by atoms with E-state index in [9.17, 15) is 4.79 Å². The first-order valence-corrected chi connectivity index (χ1v) is 7.97. The molecule has 3 rings (SSSR count). The predicted octanol–water partition coefficient (Wildman–Crippen LogP) is 1.99. The second-order valence-corrected chi connectivity index (χ2v) is 7.02. The van der Waals surface area contributed by atoms with Crippen molar-refractivity contribution in [3.8, 4) is 0 Å². The quantitative estimate of drug-likeness (QED) is 0.785. The molecule has 1 amide bonds. The molecule has 0 bridgehead atoms. The minimum atomic E-state index is -0.198. The molecule has 1 aliphatic carbocycles. The lowest BCUT2D eigenvalue weighted by molar-refractivity contribution is 0.0955. The molecule has 2 aromatic rings. The number of carbonyl (C=O) groups excluding carboxylic acids is 1. The molecule has 0 spiro atoms. The zero-order chi connectivity index (χ0) is 14.1. The number of anilines is 2. The Bertz CT molecular complexity index is 632. The van der Waals surface area contributed by atoms with Gasteiger partial charge in [0, 0.05) is 17.1 Å². The van der Waals surface area contributed by atoms with Crippen LogP contribution in [0, 0.1) is 6.92 Å². The van der Waals surface area contributed by atoms with Crippen molar-refractivity contribution in [1.29, 1.82) is 0 Å². The van der Waals surface area contributed by atoms with Crippen LogP contribution in [0.1, 0.15) is 32.4 Å². The van der Waals surface area contributed by atoms with E-state index in [4.69, 9.17) is 5.73 Å². The highest BCUT2D eigenvalue weighted by Gasteiger charge is 2.24. The second-order valence-electron chi connectivity index (χ2n) is 4.70. The highest BCUT2D eigenvalue weighted by molar-refractivity contribution is 7.18. The molecule has 1 fully saturated rings. The number of thiazole rings is 2. The Morgan fingerprint density at radius 3 is 2.95 bits per heavy atom. The highest BCUT2D eigenvalue weighted by atomic mass is 32.1. The topological polar surface area (TPSA) is 92.9 Å². The van der Waals surface area contributed by atoms with Gasteiger partial charge in [-0.05, 0) is 19.8 Å². The Kier molecular flexibility index (Phi) is 3.58. The van der Waals surface area contributed by atoms with E-state index >= 15 is 0 Å². The van der Waals surface area contributed by atoms with Gasteiger partial charge in [0.2, 0.25) is 0 Å². The van der Waals surface area contributed by atoms with Gasteiger partial charge in [-0.15, -0.1) is 11.3 Å².